The Hall–Kier alpha value is -1.26. The molecule has 1 rings (SSSR count). The minimum Gasteiger partial charge on any atom is -0.392 e. The first kappa shape index (κ1) is 13.8. The van der Waals surface area contributed by atoms with Gasteiger partial charge < -0.3 is 15.3 Å². The maximum Gasteiger partial charge on any atom is 0.239 e. The van der Waals surface area contributed by atoms with Gasteiger partial charge in [0.1, 0.15) is 0 Å². The van der Waals surface area contributed by atoms with Crippen LogP contribution in [0, 0.1) is 0 Å². The van der Waals surface area contributed by atoms with Crippen LogP contribution < -0.4 is 10.2 Å². The second-order valence-corrected chi connectivity index (χ2v) is 4.04. The first-order chi connectivity index (χ1) is 8.12. The number of likely N-dealkylation sites (N-methyl/N-ethyl adjacent to an activating group) is 2. The standard InChI is InChI=1S/C12H17ClN2O2/c1-3-15(7-12(17)14-2)11-5-4-9(8-16)6-10(11)13/h4-6,16H,3,7-8H2,1-2H3,(H,14,17). The van der Waals surface area contributed by atoms with Crippen LogP contribution in [0.25, 0.3) is 0 Å². The SMILES string of the molecule is CCN(CC(=O)NC)c1ccc(CO)cc1Cl. The van der Waals surface area contributed by atoms with E-state index in [1.54, 1.807) is 19.2 Å². The summed E-state index contributed by atoms with van der Waals surface area (Å²) in [4.78, 5) is 13.2. The van der Waals surface area contributed by atoms with Crippen LogP contribution in [0.3, 0.4) is 0 Å². The highest BCUT2D eigenvalue weighted by atomic mass is 35.5. The lowest BCUT2D eigenvalue weighted by Gasteiger charge is -2.23. The van der Waals surface area contributed by atoms with Gasteiger partial charge in [0.25, 0.3) is 0 Å². The number of halogens is 1. The number of nitrogens with zero attached hydrogens (tertiary/aromatic N) is 1. The van der Waals surface area contributed by atoms with Crippen molar-refractivity contribution in [2.24, 2.45) is 0 Å². The van der Waals surface area contributed by atoms with Crippen molar-refractivity contribution < 1.29 is 9.90 Å². The fraction of sp³-hybridized carbons (Fsp3) is 0.417. The van der Waals surface area contributed by atoms with Gasteiger partial charge in [-0.3, -0.25) is 4.79 Å². The Morgan fingerprint density at radius 2 is 2.24 bits per heavy atom. The van der Waals surface area contributed by atoms with Gasteiger partial charge in [0, 0.05) is 13.6 Å². The van der Waals surface area contributed by atoms with E-state index in [0.717, 1.165) is 11.3 Å². The molecule has 1 aromatic rings. The molecule has 0 heterocycles. The molecule has 0 aliphatic rings. The summed E-state index contributed by atoms with van der Waals surface area (Å²) >= 11 is 6.12. The van der Waals surface area contributed by atoms with Crippen LogP contribution in [0.5, 0.6) is 0 Å². The average molecular weight is 257 g/mol. The van der Waals surface area contributed by atoms with Crippen LogP contribution >= 0.6 is 11.6 Å². The van der Waals surface area contributed by atoms with Crippen molar-refractivity contribution in [3.63, 3.8) is 0 Å². The maximum absolute atomic E-state index is 11.4. The van der Waals surface area contributed by atoms with Crippen molar-refractivity contribution in [3.8, 4) is 0 Å². The second-order valence-electron chi connectivity index (χ2n) is 3.63. The number of rotatable bonds is 5. The molecule has 17 heavy (non-hydrogen) atoms. The third-order valence-electron chi connectivity index (χ3n) is 2.53. The van der Waals surface area contributed by atoms with E-state index in [-0.39, 0.29) is 19.1 Å². The molecular weight excluding hydrogens is 240 g/mol. The van der Waals surface area contributed by atoms with E-state index in [2.05, 4.69) is 5.32 Å². The van der Waals surface area contributed by atoms with Gasteiger partial charge in [0.15, 0.2) is 0 Å². The van der Waals surface area contributed by atoms with Crippen LogP contribution in [0.4, 0.5) is 5.69 Å². The molecule has 0 aliphatic carbocycles. The third-order valence-corrected chi connectivity index (χ3v) is 2.83. The number of hydrogen-bond donors (Lipinski definition) is 2. The topological polar surface area (TPSA) is 52.6 Å². The van der Waals surface area contributed by atoms with Gasteiger partial charge in [-0.1, -0.05) is 17.7 Å². The highest BCUT2D eigenvalue weighted by Crippen LogP contribution is 2.26. The Morgan fingerprint density at radius 1 is 1.53 bits per heavy atom. The molecule has 0 bridgehead atoms. The fourth-order valence-electron chi connectivity index (χ4n) is 1.52. The molecule has 1 amide bonds. The van der Waals surface area contributed by atoms with E-state index < -0.39 is 0 Å². The molecular formula is C12H17ClN2O2. The number of anilines is 1. The monoisotopic (exact) mass is 256 g/mol. The van der Waals surface area contributed by atoms with E-state index in [9.17, 15) is 4.79 Å². The lowest BCUT2D eigenvalue weighted by atomic mass is 10.2. The Kier molecular flexibility index (Phi) is 5.25. The Morgan fingerprint density at radius 3 is 2.71 bits per heavy atom. The lowest BCUT2D eigenvalue weighted by Crippen LogP contribution is -2.35. The number of carbonyl (C=O) groups excluding carboxylic acids is 1. The number of benzene rings is 1. The Balaban J connectivity index is 2.92. The third kappa shape index (κ3) is 3.61. The van der Waals surface area contributed by atoms with Gasteiger partial charge in [-0.2, -0.15) is 0 Å². The molecule has 2 N–H and O–H groups in total. The Bertz CT molecular complexity index is 396. The summed E-state index contributed by atoms with van der Waals surface area (Å²) in [5.74, 6) is -0.0610. The fourth-order valence-corrected chi connectivity index (χ4v) is 1.85. The normalized spacial score (nSPS) is 10.1. The lowest BCUT2D eigenvalue weighted by molar-refractivity contribution is -0.119. The van der Waals surface area contributed by atoms with E-state index in [0.29, 0.717) is 11.6 Å². The first-order valence-electron chi connectivity index (χ1n) is 5.47. The Labute approximate surface area is 106 Å². The molecule has 1 aromatic carbocycles. The van der Waals surface area contributed by atoms with Crippen LogP contribution in [0.15, 0.2) is 18.2 Å². The minimum absolute atomic E-state index is 0.0401. The van der Waals surface area contributed by atoms with Gasteiger partial charge in [-0.15, -0.1) is 0 Å². The predicted molar refractivity (Wildman–Crippen MR) is 69.3 cm³/mol. The minimum atomic E-state index is -0.0610. The molecule has 0 radical (unpaired) electrons. The van der Waals surface area contributed by atoms with Crippen molar-refractivity contribution >= 4 is 23.2 Å². The summed E-state index contributed by atoms with van der Waals surface area (Å²) in [5.41, 5.74) is 1.56. The number of hydrogen-bond acceptors (Lipinski definition) is 3. The first-order valence-corrected chi connectivity index (χ1v) is 5.85. The zero-order chi connectivity index (χ0) is 12.8. The number of amides is 1. The summed E-state index contributed by atoms with van der Waals surface area (Å²) < 4.78 is 0. The molecule has 0 spiro atoms. The van der Waals surface area contributed by atoms with Crippen molar-refractivity contribution in [2.75, 3.05) is 25.0 Å². The number of aliphatic hydroxyl groups is 1. The second kappa shape index (κ2) is 6.47. The van der Waals surface area contributed by atoms with Crippen molar-refractivity contribution in [1.29, 1.82) is 0 Å². The van der Waals surface area contributed by atoms with E-state index in [4.69, 9.17) is 16.7 Å². The van der Waals surface area contributed by atoms with Crippen LogP contribution in [-0.2, 0) is 11.4 Å². The molecule has 0 aromatic heterocycles. The van der Waals surface area contributed by atoms with E-state index in [1.807, 2.05) is 17.9 Å². The summed E-state index contributed by atoms with van der Waals surface area (Å²) in [5, 5.41) is 12.1. The quantitative estimate of drug-likeness (QED) is 0.838. The summed E-state index contributed by atoms with van der Waals surface area (Å²) in [6.07, 6.45) is 0. The smallest absolute Gasteiger partial charge is 0.239 e. The van der Waals surface area contributed by atoms with Crippen molar-refractivity contribution in [1.82, 2.24) is 5.32 Å². The molecule has 0 saturated carbocycles. The molecule has 5 heteroatoms. The summed E-state index contributed by atoms with van der Waals surface area (Å²) in [7, 11) is 1.60. The van der Waals surface area contributed by atoms with Gasteiger partial charge >= 0.3 is 0 Å². The maximum atomic E-state index is 11.4. The zero-order valence-electron chi connectivity index (χ0n) is 10.0. The van der Waals surface area contributed by atoms with Gasteiger partial charge in [-0.25, -0.2) is 0 Å². The largest absolute Gasteiger partial charge is 0.392 e. The molecule has 0 atom stereocenters. The zero-order valence-corrected chi connectivity index (χ0v) is 10.8. The average Bonchev–Trinajstić information content (AvgIpc) is 2.35. The van der Waals surface area contributed by atoms with Gasteiger partial charge in [0.05, 0.1) is 23.9 Å². The number of carbonyl (C=O) groups is 1. The molecule has 0 aliphatic heterocycles. The van der Waals surface area contributed by atoms with Crippen LogP contribution in [0.1, 0.15) is 12.5 Å². The number of nitrogens with one attached hydrogen (secondary N) is 1. The number of aliphatic hydroxyl groups excluding tert-OH is 1. The summed E-state index contributed by atoms with van der Waals surface area (Å²) in [6.45, 7) is 2.87. The van der Waals surface area contributed by atoms with E-state index in [1.165, 1.54) is 0 Å². The van der Waals surface area contributed by atoms with Crippen LogP contribution in [0.2, 0.25) is 5.02 Å². The summed E-state index contributed by atoms with van der Waals surface area (Å²) in [6, 6.07) is 5.33. The molecule has 0 fully saturated rings. The van der Waals surface area contributed by atoms with Crippen molar-refractivity contribution in [2.45, 2.75) is 13.5 Å². The van der Waals surface area contributed by atoms with Gasteiger partial charge in [0.2, 0.25) is 5.91 Å². The van der Waals surface area contributed by atoms with Crippen LogP contribution in [-0.4, -0.2) is 31.2 Å². The highest BCUT2D eigenvalue weighted by Gasteiger charge is 2.12. The van der Waals surface area contributed by atoms with E-state index >= 15 is 0 Å². The van der Waals surface area contributed by atoms with Crippen molar-refractivity contribution in [3.05, 3.63) is 28.8 Å². The molecule has 0 saturated heterocycles. The molecule has 0 unspecified atom stereocenters. The molecule has 4 nitrogen and oxygen atoms in total. The highest BCUT2D eigenvalue weighted by molar-refractivity contribution is 6.33. The predicted octanol–water partition coefficient (Wildman–Crippen LogP) is 1.40. The molecule has 94 valence electrons. The van der Waals surface area contributed by atoms with Gasteiger partial charge in [-0.05, 0) is 24.6 Å².